The Morgan fingerprint density at radius 2 is 2.00 bits per heavy atom. The number of hydrogen-bond donors (Lipinski definition) is 1. The molecule has 1 aliphatic rings. The van der Waals surface area contributed by atoms with Crippen LogP contribution in [-0.4, -0.2) is 10.7 Å². The summed E-state index contributed by atoms with van der Waals surface area (Å²) < 4.78 is 0. The number of rotatable bonds is 5. The van der Waals surface area contributed by atoms with Crippen LogP contribution in [0.4, 0.5) is 0 Å². The van der Waals surface area contributed by atoms with Gasteiger partial charge in [0.1, 0.15) is 0 Å². The Kier molecular flexibility index (Phi) is 2.94. The molecule has 0 aromatic carbocycles. The molecule has 1 N–H and O–H groups in total. The molecule has 0 radical (unpaired) electrons. The van der Waals surface area contributed by atoms with Crippen molar-refractivity contribution in [2.45, 2.75) is 58.0 Å². The molecule has 1 nitrogen and oxygen atoms in total. The zero-order valence-electron chi connectivity index (χ0n) is 7.77. The van der Waals surface area contributed by atoms with Crippen LogP contribution in [0.2, 0.25) is 0 Å². The average Bonchev–Trinajstić information content (AvgIpc) is 2.71. The van der Waals surface area contributed by atoms with Gasteiger partial charge in [0.05, 0.1) is 5.60 Å². The maximum absolute atomic E-state index is 9.82. The lowest BCUT2D eigenvalue weighted by Crippen LogP contribution is -2.21. The minimum Gasteiger partial charge on any atom is -0.390 e. The summed E-state index contributed by atoms with van der Waals surface area (Å²) in [5, 5.41) is 9.82. The SMILES string of the molecule is CCCCC(CC)C1(O)CC1. The van der Waals surface area contributed by atoms with E-state index in [2.05, 4.69) is 13.8 Å². The molecule has 66 valence electrons. The van der Waals surface area contributed by atoms with E-state index in [1.807, 2.05) is 0 Å². The highest BCUT2D eigenvalue weighted by molar-refractivity contribution is 4.98. The Morgan fingerprint density at radius 1 is 1.36 bits per heavy atom. The van der Waals surface area contributed by atoms with Crippen molar-refractivity contribution in [3.8, 4) is 0 Å². The van der Waals surface area contributed by atoms with Crippen molar-refractivity contribution in [2.75, 3.05) is 0 Å². The van der Waals surface area contributed by atoms with Crippen molar-refractivity contribution in [3.05, 3.63) is 0 Å². The van der Waals surface area contributed by atoms with Crippen molar-refractivity contribution in [3.63, 3.8) is 0 Å². The fraction of sp³-hybridized carbons (Fsp3) is 1.00. The minimum atomic E-state index is -0.232. The number of unbranched alkanes of at least 4 members (excludes halogenated alkanes) is 1. The lowest BCUT2D eigenvalue weighted by Gasteiger charge is -2.20. The summed E-state index contributed by atoms with van der Waals surface area (Å²) in [6.07, 6.45) is 7.01. The van der Waals surface area contributed by atoms with Gasteiger partial charge < -0.3 is 5.11 Å². The maximum atomic E-state index is 9.82. The Morgan fingerprint density at radius 3 is 2.36 bits per heavy atom. The molecule has 0 aliphatic heterocycles. The van der Waals surface area contributed by atoms with Gasteiger partial charge in [-0.1, -0.05) is 33.1 Å². The van der Waals surface area contributed by atoms with Gasteiger partial charge in [-0.3, -0.25) is 0 Å². The van der Waals surface area contributed by atoms with Crippen LogP contribution in [0.15, 0.2) is 0 Å². The second-order valence-corrected chi connectivity index (χ2v) is 3.85. The first-order valence-electron chi connectivity index (χ1n) is 4.95. The van der Waals surface area contributed by atoms with E-state index >= 15 is 0 Å². The van der Waals surface area contributed by atoms with Crippen LogP contribution in [0, 0.1) is 5.92 Å². The highest BCUT2D eigenvalue weighted by Gasteiger charge is 2.45. The van der Waals surface area contributed by atoms with Crippen molar-refractivity contribution in [1.82, 2.24) is 0 Å². The van der Waals surface area contributed by atoms with E-state index < -0.39 is 0 Å². The molecular formula is C10H20O. The van der Waals surface area contributed by atoms with Crippen LogP contribution in [0.5, 0.6) is 0 Å². The Bertz CT molecular complexity index is 116. The number of aliphatic hydroxyl groups is 1. The minimum absolute atomic E-state index is 0.232. The van der Waals surface area contributed by atoms with Crippen molar-refractivity contribution in [2.24, 2.45) is 5.92 Å². The molecule has 1 aliphatic carbocycles. The highest BCUT2D eigenvalue weighted by Crippen LogP contribution is 2.45. The number of hydrogen-bond acceptors (Lipinski definition) is 1. The molecule has 0 aromatic heterocycles. The molecule has 1 fully saturated rings. The molecule has 0 amide bonds. The van der Waals surface area contributed by atoms with Gasteiger partial charge in [0.25, 0.3) is 0 Å². The molecule has 1 rings (SSSR count). The van der Waals surface area contributed by atoms with E-state index in [4.69, 9.17) is 0 Å². The zero-order valence-corrected chi connectivity index (χ0v) is 7.77. The lowest BCUT2D eigenvalue weighted by atomic mass is 9.91. The van der Waals surface area contributed by atoms with E-state index in [1.165, 1.54) is 19.3 Å². The first kappa shape index (κ1) is 9.05. The largest absolute Gasteiger partial charge is 0.390 e. The second-order valence-electron chi connectivity index (χ2n) is 3.85. The Hall–Kier alpha value is -0.0400. The molecule has 0 heterocycles. The summed E-state index contributed by atoms with van der Waals surface area (Å²) in [7, 11) is 0. The van der Waals surface area contributed by atoms with E-state index in [9.17, 15) is 5.11 Å². The van der Waals surface area contributed by atoms with E-state index in [0.717, 1.165) is 19.3 Å². The van der Waals surface area contributed by atoms with Gasteiger partial charge in [0, 0.05) is 0 Å². The first-order valence-corrected chi connectivity index (χ1v) is 4.95. The molecule has 0 aromatic rings. The van der Waals surface area contributed by atoms with Crippen LogP contribution in [0.1, 0.15) is 52.4 Å². The third-order valence-electron chi connectivity index (χ3n) is 2.92. The molecule has 11 heavy (non-hydrogen) atoms. The van der Waals surface area contributed by atoms with Gasteiger partial charge in [0.15, 0.2) is 0 Å². The molecule has 0 saturated heterocycles. The highest BCUT2D eigenvalue weighted by atomic mass is 16.3. The summed E-state index contributed by atoms with van der Waals surface area (Å²) in [5.41, 5.74) is -0.232. The lowest BCUT2D eigenvalue weighted by molar-refractivity contribution is 0.0735. The quantitative estimate of drug-likeness (QED) is 0.649. The van der Waals surface area contributed by atoms with E-state index in [1.54, 1.807) is 0 Å². The fourth-order valence-electron chi connectivity index (χ4n) is 1.84. The summed E-state index contributed by atoms with van der Waals surface area (Å²) in [6.45, 7) is 4.40. The first-order chi connectivity index (χ1) is 5.23. The van der Waals surface area contributed by atoms with Crippen LogP contribution >= 0.6 is 0 Å². The van der Waals surface area contributed by atoms with Gasteiger partial charge in [-0.2, -0.15) is 0 Å². The molecule has 1 heteroatoms. The van der Waals surface area contributed by atoms with E-state index in [-0.39, 0.29) is 5.60 Å². The Labute approximate surface area is 69.8 Å². The van der Waals surface area contributed by atoms with Crippen LogP contribution in [0.25, 0.3) is 0 Å². The predicted octanol–water partition coefficient (Wildman–Crippen LogP) is 2.73. The van der Waals surface area contributed by atoms with Crippen LogP contribution in [-0.2, 0) is 0 Å². The van der Waals surface area contributed by atoms with Gasteiger partial charge in [-0.05, 0) is 25.2 Å². The normalized spacial score (nSPS) is 23.2. The van der Waals surface area contributed by atoms with Gasteiger partial charge in [-0.15, -0.1) is 0 Å². The third-order valence-corrected chi connectivity index (χ3v) is 2.92. The van der Waals surface area contributed by atoms with Crippen LogP contribution in [0.3, 0.4) is 0 Å². The molecular weight excluding hydrogens is 136 g/mol. The third kappa shape index (κ3) is 2.19. The standard InChI is InChI=1S/C10H20O/c1-3-5-6-9(4-2)10(11)7-8-10/h9,11H,3-8H2,1-2H3. The molecule has 1 unspecified atom stereocenters. The summed E-state index contributed by atoms with van der Waals surface area (Å²) in [5.74, 6) is 0.586. The summed E-state index contributed by atoms with van der Waals surface area (Å²) >= 11 is 0. The average molecular weight is 156 g/mol. The summed E-state index contributed by atoms with van der Waals surface area (Å²) in [4.78, 5) is 0. The molecule has 1 saturated carbocycles. The molecule has 0 bridgehead atoms. The predicted molar refractivity (Wildman–Crippen MR) is 47.5 cm³/mol. The van der Waals surface area contributed by atoms with Gasteiger partial charge >= 0.3 is 0 Å². The maximum Gasteiger partial charge on any atom is 0.0677 e. The van der Waals surface area contributed by atoms with Gasteiger partial charge in [0.2, 0.25) is 0 Å². The smallest absolute Gasteiger partial charge is 0.0677 e. The van der Waals surface area contributed by atoms with Crippen LogP contribution < -0.4 is 0 Å². The van der Waals surface area contributed by atoms with Crippen molar-refractivity contribution < 1.29 is 5.11 Å². The Balaban J connectivity index is 2.25. The topological polar surface area (TPSA) is 20.2 Å². The second kappa shape index (κ2) is 3.57. The zero-order chi connectivity index (χ0) is 8.32. The monoisotopic (exact) mass is 156 g/mol. The van der Waals surface area contributed by atoms with Crippen molar-refractivity contribution in [1.29, 1.82) is 0 Å². The fourth-order valence-corrected chi connectivity index (χ4v) is 1.84. The van der Waals surface area contributed by atoms with Gasteiger partial charge in [-0.25, -0.2) is 0 Å². The van der Waals surface area contributed by atoms with E-state index in [0.29, 0.717) is 5.92 Å². The van der Waals surface area contributed by atoms with Crippen molar-refractivity contribution >= 4 is 0 Å². The molecule has 0 spiro atoms. The summed E-state index contributed by atoms with van der Waals surface area (Å²) in [6, 6.07) is 0. The molecule has 1 atom stereocenters.